The molecule has 0 aliphatic heterocycles. The minimum Gasteiger partial charge on any atom is -0.484 e. The van der Waals surface area contributed by atoms with Gasteiger partial charge in [-0.3, -0.25) is 4.79 Å². The summed E-state index contributed by atoms with van der Waals surface area (Å²) in [7, 11) is -3.48. The number of hydrogen-bond donors (Lipinski definition) is 2. The molecular weight excluding hydrogens is 409 g/mol. The molecule has 0 saturated carbocycles. The lowest BCUT2D eigenvalue weighted by molar-refractivity contribution is -0.137. The Hall–Kier alpha value is -2.85. The van der Waals surface area contributed by atoms with E-state index < -0.39 is 34.3 Å². The fourth-order valence-electron chi connectivity index (χ4n) is 2.23. The van der Waals surface area contributed by atoms with Crippen molar-refractivity contribution >= 4 is 21.6 Å². The van der Waals surface area contributed by atoms with Gasteiger partial charge in [0.15, 0.2) is 6.61 Å². The Morgan fingerprint density at radius 3 is 2.24 bits per heavy atom. The van der Waals surface area contributed by atoms with Crippen molar-refractivity contribution in [3.05, 3.63) is 72.3 Å². The molecule has 6 nitrogen and oxygen atoms in total. The van der Waals surface area contributed by atoms with Crippen molar-refractivity contribution in [3.63, 3.8) is 0 Å². The van der Waals surface area contributed by atoms with Gasteiger partial charge in [-0.2, -0.15) is 13.2 Å². The average Bonchev–Trinajstić information content (AvgIpc) is 2.66. The minimum atomic E-state index is -4.44. The molecule has 2 aromatic carbocycles. The summed E-state index contributed by atoms with van der Waals surface area (Å²) in [5.41, 5.74) is 0.142. The van der Waals surface area contributed by atoms with Crippen molar-refractivity contribution in [2.45, 2.75) is 11.9 Å². The number of halogens is 3. The minimum absolute atomic E-state index is 0.126. The zero-order chi connectivity index (χ0) is 21.5. The van der Waals surface area contributed by atoms with Crippen LogP contribution in [0.3, 0.4) is 0 Å². The lowest BCUT2D eigenvalue weighted by atomic mass is 10.2. The molecule has 0 aromatic heterocycles. The number of ether oxygens (including phenoxy) is 1. The molecule has 29 heavy (non-hydrogen) atoms. The van der Waals surface area contributed by atoms with Crippen LogP contribution < -0.4 is 14.8 Å². The quantitative estimate of drug-likeness (QED) is 0.600. The van der Waals surface area contributed by atoms with Crippen molar-refractivity contribution in [2.24, 2.45) is 0 Å². The lowest BCUT2D eigenvalue weighted by Crippen LogP contribution is -2.25. The van der Waals surface area contributed by atoms with Crippen LogP contribution in [-0.4, -0.2) is 27.5 Å². The second kappa shape index (κ2) is 9.57. The molecule has 0 radical (unpaired) electrons. The highest BCUT2D eigenvalue weighted by atomic mass is 32.2. The zero-order valence-electron chi connectivity index (χ0n) is 15.2. The van der Waals surface area contributed by atoms with Crippen LogP contribution in [0, 0.1) is 0 Å². The number of sulfonamides is 1. The molecule has 156 valence electrons. The number of carbonyl (C=O) groups excluding carboxylic acids is 1. The summed E-state index contributed by atoms with van der Waals surface area (Å²) in [6.45, 7) is 3.17. The standard InChI is InChI=1S/C19H19F3N2O4S/c1-2-11-23-29(26,27)13-14-3-7-16(8-4-14)24-18(25)12-28-17-9-5-15(6-10-17)19(20,21)22/h2-10,23H,1,11-13H2,(H,24,25). The third-order valence-corrected chi connectivity index (χ3v) is 4.91. The predicted octanol–water partition coefficient (Wildman–Crippen LogP) is 3.33. The van der Waals surface area contributed by atoms with Gasteiger partial charge in [-0.05, 0) is 42.0 Å². The van der Waals surface area contributed by atoms with Gasteiger partial charge in [0.05, 0.1) is 11.3 Å². The van der Waals surface area contributed by atoms with Gasteiger partial charge in [-0.15, -0.1) is 6.58 Å². The summed E-state index contributed by atoms with van der Waals surface area (Å²) in [6, 6.07) is 10.2. The topological polar surface area (TPSA) is 84.5 Å². The number of benzene rings is 2. The molecule has 1 amide bonds. The van der Waals surface area contributed by atoms with E-state index in [2.05, 4.69) is 16.6 Å². The summed E-state index contributed by atoms with van der Waals surface area (Å²) in [4.78, 5) is 11.9. The molecule has 0 saturated heterocycles. The lowest BCUT2D eigenvalue weighted by Gasteiger charge is -2.10. The third-order valence-electron chi connectivity index (χ3n) is 3.59. The van der Waals surface area contributed by atoms with Crippen LogP contribution in [0.1, 0.15) is 11.1 Å². The van der Waals surface area contributed by atoms with Gasteiger partial charge in [-0.1, -0.05) is 18.2 Å². The molecule has 0 aliphatic rings. The Balaban J connectivity index is 1.85. The highest BCUT2D eigenvalue weighted by Crippen LogP contribution is 2.30. The molecule has 0 atom stereocenters. The maximum atomic E-state index is 12.5. The van der Waals surface area contributed by atoms with E-state index >= 15 is 0 Å². The molecule has 2 N–H and O–H groups in total. The molecule has 10 heteroatoms. The molecule has 2 aromatic rings. The summed E-state index contributed by atoms with van der Waals surface area (Å²) in [5, 5.41) is 2.55. The van der Waals surface area contributed by atoms with Crippen LogP contribution in [0.15, 0.2) is 61.2 Å². The van der Waals surface area contributed by atoms with Gasteiger partial charge >= 0.3 is 6.18 Å². The van der Waals surface area contributed by atoms with Gasteiger partial charge in [0.25, 0.3) is 5.91 Å². The smallest absolute Gasteiger partial charge is 0.416 e. The highest BCUT2D eigenvalue weighted by Gasteiger charge is 2.30. The molecular formula is C19H19F3N2O4S. The number of amides is 1. The monoisotopic (exact) mass is 428 g/mol. The largest absolute Gasteiger partial charge is 0.484 e. The Kier molecular flexibility index (Phi) is 7.40. The first kappa shape index (κ1) is 22.4. The number of carbonyl (C=O) groups is 1. The van der Waals surface area contributed by atoms with Crippen molar-refractivity contribution < 1.29 is 31.1 Å². The molecule has 0 fully saturated rings. The number of hydrogen-bond acceptors (Lipinski definition) is 4. The normalized spacial score (nSPS) is 11.7. The third kappa shape index (κ3) is 7.59. The van der Waals surface area contributed by atoms with E-state index in [1.165, 1.54) is 18.2 Å². The van der Waals surface area contributed by atoms with Gasteiger partial charge in [0, 0.05) is 12.2 Å². The average molecular weight is 428 g/mol. The number of alkyl halides is 3. The van der Waals surface area contributed by atoms with E-state index in [1.807, 2.05) is 0 Å². The van der Waals surface area contributed by atoms with E-state index in [0.29, 0.717) is 11.3 Å². The second-order valence-electron chi connectivity index (χ2n) is 5.95. The van der Waals surface area contributed by atoms with Crippen LogP contribution in [-0.2, 0) is 26.7 Å². The van der Waals surface area contributed by atoms with Crippen LogP contribution in [0.4, 0.5) is 18.9 Å². The number of rotatable bonds is 9. The number of anilines is 1. The van der Waals surface area contributed by atoms with E-state index in [1.54, 1.807) is 12.1 Å². The zero-order valence-corrected chi connectivity index (χ0v) is 16.0. The van der Waals surface area contributed by atoms with Crippen LogP contribution in [0.5, 0.6) is 5.75 Å². The van der Waals surface area contributed by atoms with Crippen LogP contribution >= 0.6 is 0 Å². The fraction of sp³-hybridized carbons (Fsp3) is 0.211. The summed E-state index contributed by atoms with van der Waals surface area (Å²) < 4.78 is 68.6. The molecule has 0 bridgehead atoms. The first-order valence-corrected chi connectivity index (χ1v) is 10.0. The molecule has 0 heterocycles. The maximum absolute atomic E-state index is 12.5. The Morgan fingerprint density at radius 1 is 1.07 bits per heavy atom. The summed E-state index contributed by atoms with van der Waals surface area (Å²) in [5.74, 6) is -0.606. The predicted molar refractivity (Wildman–Crippen MR) is 103 cm³/mol. The summed E-state index contributed by atoms with van der Waals surface area (Å²) >= 11 is 0. The van der Waals surface area contributed by atoms with Gasteiger partial charge in [-0.25, -0.2) is 13.1 Å². The SMILES string of the molecule is C=CCNS(=O)(=O)Cc1ccc(NC(=O)COc2ccc(C(F)(F)F)cc2)cc1. The van der Waals surface area contributed by atoms with Gasteiger partial charge in [0.1, 0.15) is 5.75 Å². The van der Waals surface area contributed by atoms with Gasteiger partial charge < -0.3 is 10.1 Å². The summed E-state index contributed by atoms with van der Waals surface area (Å²) in [6.07, 6.45) is -3.01. The van der Waals surface area contributed by atoms with Crippen molar-refractivity contribution in [1.82, 2.24) is 4.72 Å². The first-order valence-electron chi connectivity index (χ1n) is 8.36. The Labute approximate surface area is 166 Å². The van der Waals surface area contributed by atoms with Gasteiger partial charge in [0.2, 0.25) is 10.0 Å². The van der Waals surface area contributed by atoms with E-state index in [0.717, 1.165) is 24.3 Å². The van der Waals surface area contributed by atoms with Crippen LogP contribution in [0.25, 0.3) is 0 Å². The van der Waals surface area contributed by atoms with Crippen molar-refractivity contribution in [2.75, 3.05) is 18.5 Å². The maximum Gasteiger partial charge on any atom is 0.416 e. The van der Waals surface area contributed by atoms with Crippen molar-refractivity contribution in [1.29, 1.82) is 0 Å². The first-order chi connectivity index (χ1) is 13.6. The second-order valence-corrected chi connectivity index (χ2v) is 7.76. The Morgan fingerprint density at radius 2 is 1.69 bits per heavy atom. The van der Waals surface area contributed by atoms with E-state index in [9.17, 15) is 26.4 Å². The molecule has 0 spiro atoms. The molecule has 2 rings (SSSR count). The van der Waals surface area contributed by atoms with E-state index in [-0.39, 0.29) is 18.0 Å². The molecule has 0 unspecified atom stereocenters. The van der Waals surface area contributed by atoms with Crippen molar-refractivity contribution in [3.8, 4) is 5.75 Å². The molecule has 0 aliphatic carbocycles. The van der Waals surface area contributed by atoms with Crippen LogP contribution in [0.2, 0.25) is 0 Å². The Bertz CT molecular complexity index is 941. The van der Waals surface area contributed by atoms with E-state index in [4.69, 9.17) is 4.74 Å². The highest BCUT2D eigenvalue weighted by molar-refractivity contribution is 7.88. The fourth-order valence-corrected chi connectivity index (χ4v) is 3.33. The number of nitrogens with one attached hydrogen (secondary N) is 2.